The van der Waals surface area contributed by atoms with Crippen molar-refractivity contribution in [2.45, 2.75) is 6.04 Å². The number of urea groups is 1. The van der Waals surface area contributed by atoms with Crippen LogP contribution in [0.1, 0.15) is 0 Å². The van der Waals surface area contributed by atoms with E-state index in [4.69, 9.17) is 16.7 Å². The molecule has 1 atom stereocenters. The van der Waals surface area contributed by atoms with E-state index in [2.05, 4.69) is 27.9 Å². The SMILES string of the molecule is O=C(O)C1CSCN1C(=O)Nc1ccc(Cl)cc1I. The maximum absolute atomic E-state index is 12.1. The predicted molar refractivity (Wildman–Crippen MR) is 83.8 cm³/mol. The molecule has 0 radical (unpaired) electrons. The van der Waals surface area contributed by atoms with Gasteiger partial charge in [-0.15, -0.1) is 11.8 Å². The van der Waals surface area contributed by atoms with Gasteiger partial charge in [0.1, 0.15) is 6.04 Å². The molecule has 1 aromatic carbocycles. The van der Waals surface area contributed by atoms with Gasteiger partial charge < -0.3 is 15.3 Å². The van der Waals surface area contributed by atoms with Crippen molar-refractivity contribution in [3.63, 3.8) is 0 Å². The Bertz CT molecular complexity index is 529. The van der Waals surface area contributed by atoms with Crippen molar-refractivity contribution in [2.24, 2.45) is 0 Å². The number of aliphatic carboxylic acids is 1. The highest BCUT2D eigenvalue weighted by Crippen LogP contribution is 2.25. The molecule has 1 saturated heterocycles. The van der Waals surface area contributed by atoms with E-state index in [1.807, 2.05) is 0 Å². The van der Waals surface area contributed by atoms with Crippen LogP contribution in [0.3, 0.4) is 0 Å². The molecule has 1 aliphatic rings. The summed E-state index contributed by atoms with van der Waals surface area (Å²) >= 11 is 9.32. The molecule has 19 heavy (non-hydrogen) atoms. The molecule has 5 nitrogen and oxygen atoms in total. The highest BCUT2D eigenvalue weighted by Gasteiger charge is 2.34. The second-order valence-corrected chi connectivity index (χ2v) is 6.48. The van der Waals surface area contributed by atoms with Crippen LogP contribution in [0.15, 0.2) is 18.2 Å². The molecule has 2 rings (SSSR count). The van der Waals surface area contributed by atoms with Crippen LogP contribution in [0.5, 0.6) is 0 Å². The third kappa shape index (κ3) is 3.46. The molecule has 1 heterocycles. The van der Waals surface area contributed by atoms with Crippen LogP contribution in [0, 0.1) is 3.57 Å². The number of hydrogen-bond acceptors (Lipinski definition) is 3. The van der Waals surface area contributed by atoms with Crippen LogP contribution in [0.2, 0.25) is 5.02 Å². The van der Waals surface area contributed by atoms with Crippen molar-refractivity contribution in [1.29, 1.82) is 0 Å². The first-order valence-corrected chi connectivity index (χ1v) is 7.93. The van der Waals surface area contributed by atoms with Crippen LogP contribution in [0.25, 0.3) is 0 Å². The lowest BCUT2D eigenvalue weighted by molar-refractivity contribution is -0.140. The van der Waals surface area contributed by atoms with E-state index in [-0.39, 0.29) is 0 Å². The highest BCUT2D eigenvalue weighted by molar-refractivity contribution is 14.1. The molecule has 2 N–H and O–H groups in total. The van der Waals surface area contributed by atoms with Crippen molar-refractivity contribution in [2.75, 3.05) is 16.9 Å². The van der Waals surface area contributed by atoms with Gasteiger partial charge >= 0.3 is 12.0 Å². The van der Waals surface area contributed by atoms with Gasteiger partial charge in [0.05, 0.1) is 11.6 Å². The Morgan fingerprint density at radius 3 is 2.89 bits per heavy atom. The Hall–Kier alpha value is -0.670. The Kier molecular flexibility index (Phi) is 4.80. The minimum Gasteiger partial charge on any atom is -0.480 e. The van der Waals surface area contributed by atoms with Gasteiger partial charge in [0.2, 0.25) is 0 Å². The summed E-state index contributed by atoms with van der Waals surface area (Å²) in [6.45, 7) is 0. The summed E-state index contributed by atoms with van der Waals surface area (Å²) in [4.78, 5) is 24.4. The lowest BCUT2D eigenvalue weighted by Gasteiger charge is -2.21. The van der Waals surface area contributed by atoms with Gasteiger partial charge in [-0.25, -0.2) is 9.59 Å². The summed E-state index contributed by atoms with van der Waals surface area (Å²) in [7, 11) is 0. The molecule has 1 aromatic rings. The summed E-state index contributed by atoms with van der Waals surface area (Å²) < 4.78 is 0.803. The largest absolute Gasteiger partial charge is 0.480 e. The summed E-state index contributed by atoms with van der Waals surface area (Å²) in [5, 5.41) is 12.3. The fourth-order valence-electron chi connectivity index (χ4n) is 1.63. The van der Waals surface area contributed by atoms with E-state index in [1.165, 1.54) is 16.7 Å². The van der Waals surface area contributed by atoms with Gasteiger partial charge in [-0.3, -0.25) is 0 Å². The first kappa shape index (κ1) is 14.7. The van der Waals surface area contributed by atoms with Crippen molar-refractivity contribution in [3.8, 4) is 0 Å². The third-order valence-corrected chi connectivity index (χ3v) is 4.74. The number of carbonyl (C=O) groups is 2. The van der Waals surface area contributed by atoms with Crippen molar-refractivity contribution in [3.05, 3.63) is 26.8 Å². The van der Waals surface area contributed by atoms with Gasteiger partial charge in [0.25, 0.3) is 0 Å². The lowest BCUT2D eigenvalue weighted by atomic mass is 10.3. The molecule has 0 aromatic heterocycles. The Morgan fingerprint density at radius 2 is 2.26 bits per heavy atom. The molecule has 0 aliphatic carbocycles. The summed E-state index contributed by atoms with van der Waals surface area (Å²) in [5.74, 6) is -0.182. The number of halogens is 2. The first-order chi connectivity index (χ1) is 8.99. The van der Waals surface area contributed by atoms with Gasteiger partial charge in [0, 0.05) is 14.3 Å². The molecule has 0 spiro atoms. The number of hydrogen-bond donors (Lipinski definition) is 2. The zero-order valence-electron chi connectivity index (χ0n) is 9.60. The zero-order chi connectivity index (χ0) is 14.0. The maximum Gasteiger partial charge on any atom is 0.327 e. The maximum atomic E-state index is 12.1. The van der Waals surface area contributed by atoms with Gasteiger partial charge in [-0.2, -0.15) is 0 Å². The van der Waals surface area contributed by atoms with Gasteiger partial charge in [-0.05, 0) is 40.8 Å². The number of nitrogens with zero attached hydrogens (tertiary/aromatic N) is 1. The van der Waals surface area contributed by atoms with Gasteiger partial charge in [0.15, 0.2) is 0 Å². The third-order valence-electron chi connectivity index (χ3n) is 2.60. The van der Waals surface area contributed by atoms with Crippen LogP contribution in [0.4, 0.5) is 10.5 Å². The quantitative estimate of drug-likeness (QED) is 0.733. The van der Waals surface area contributed by atoms with E-state index >= 15 is 0 Å². The Labute approximate surface area is 132 Å². The number of carboxylic acids is 1. The highest BCUT2D eigenvalue weighted by atomic mass is 127. The van der Waals surface area contributed by atoms with E-state index in [1.54, 1.807) is 18.2 Å². The Balaban J connectivity index is 2.10. The second-order valence-electron chi connectivity index (χ2n) is 3.88. The fourth-order valence-corrected chi connectivity index (χ4v) is 3.78. The molecule has 1 fully saturated rings. The number of amides is 2. The molecule has 1 aliphatic heterocycles. The smallest absolute Gasteiger partial charge is 0.327 e. The van der Waals surface area contributed by atoms with E-state index in [9.17, 15) is 9.59 Å². The van der Waals surface area contributed by atoms with E-state index < -0.39 is 18.0 Å². The van der Waals surface area contributed by atoms with E-state index in [0.29, 0.717) is 22.3 Å². The van der Waals surface area contributed by atoms with Gasteiger partial charge in [-0.1, -0.05) is 11.6 Å². The molecular formula is C11H10ClIN2O3S. The molecule has 2 amide bonds. The predicted octanol–water partition coefficient (Wildman–Crippen LogP) is 2.94. The second kappa shape index (κ2) is 6.19. The van der Waals surface area contributed by atoms with Crippen LogP contribution < -0.4 is 5.32 Å². The van der Waals surface area contributed by atoms with Crippen molar-refractivity contribution >= 4 is 63.6 Å². The number of anilines is 1. The number of benzene rings is 1. The van der Waals surface area contributed by atoms with Crippen molar-refractivity contribution < 1.29 is 14.7 Å². The molecule has 1 unspecified atom stereocenters. The molecule has 8 heteroatoms. The Morgan fingerprint density at radius 1 is 1.53 bits per heavy atom. The number of rotatable bonds is 2. The topological polar surface area (TPSA) is 69.6 Å². The summed E-state index contributed by atoms with van der Waals surface area (Å²) in [5.41, 5.74) is 0.621. The minimum absolute atomic E-state index is 0.382. The number of thioether (sulfide) groups is 1. The molecule has 102 valence electrons. The lowest BCUT2D eigenvalue weighted by Crippen LogP contribution is -2.44. The molecule has 0 saturated carbocycles. The average molecular weight is 413 g/mol. The van der Waals surface area contributed by atoms with Crippen LogP contribution in [-0.4, -0.2) is 39.7 Å². The zero-order valence-corrected chi connectivity index (χ0v) is 13.3. The number of carboxylic acid groups (broad SMARTS) is 1. The van der Waals surface area contributed by atoms with Crippen LogP contribution >= 0.6 is 46.0 Å². The molecular weight excluding hydrogens is 403 g/mol. The van der Waals surface area contributed by atoms with Crippen LogP contribution in [-0.2, 0) is 4.79 Å². The summed E-state index contributed by atoms with van der Waals surface area (Å²) in [6, 6.07) is 3.92. The average Bonchev–Trinajstić information content (AvgIpc) is 2.82. The molecule has 0 bridgehead atoms. The van der Waals surface area contributed by atoms with E-state index in [0.717, 1.165) is 3.57 Å². The minimum atomic E-state index is -0.981. The normalized spacial score (nSPS) is 18.4. The first-order valence-electron chi connectivity index (χ1n) is 5.32. The summed E-state index contributed by atoms with van der Waals surface area (Å²) in [6.07, 6.45) is 0. The van der Waals surface area contributed by atoms with Crippen molar-refractivity contribution in [1.82, 2.24) is 4.90 Å². The number of carbonyl (C=O) groups excluding carboxylic acids is 1. The monoisotopic (exact) mass is 412 g/mol. The fraction of sp³-hybridized carbons (Fsp3) is 0.273. The standard InChI is InChI=1S/C11H10ClIN2O3S/c12-6-1-2-8(7(13)3-6)14-11(18)15-5-19-4-9(15)10(16)17/h1-3,9H,4-5H2,(H,14,18)(H,16,17). The number of nitrogens with one attached hydrogen (secondary N) is 1.